The van der Waals surface area contributed by atoms with Gasteiger partial charge in [-0.2, -0.15) is 5.26 Å². The first-order valence-electron chi connectivity index (χ1n) is 9.86. The monoisotopic (exact) mass is 391 g/mol. The summed E-state index contributed by atoms with van der Waals surface area (Å²) < 4.78 is 0. The fraction of sp³-hybridized carbons (Fsp3) is 0.115. The first-order chi connectivity index (χ1) is 14.7. The number of nitriles is 1. The summed E-state index contributed by atoms with van der Waals surface area (Å²) in [6.45, 7) is 1.93. The van der Waals surface area contributed by atoms with Crippen LogP contribution in [0, 0.1) is 18.3 Å². The molecule has 0 fully saturated rings. The Morgan fingerprint density at radius 1 is 0.967 bits per heavy atom. The largest absolute Gasteiger partial charge is 0.344 e. The second-order valence-corrected chi connectivity index (χ2v) is 7.14. The molecule has 1 heterocycles. The number of benzene rings is 3. The molecule has 0 saturated carbocycles. The first-order valence-corrected chi connectivity index (χ1v) is 9.86. The standard InChI is InChI=1S/C26H21N3O/c1-18-24(26(30)29-22(16-17-27)19-10-4-2-5-11-19)21-14-8-9-15-23(21)28-25(18)20-12-6-3-7-13-20/h2-15,22H,16H2,1H3,(H,29,30)/t22-/m0/s1. The summed E-state index contributed by atoms with van der Waals surface area (Å²) in [5.74, 6) is -0.201. The fourth-order valence-electron chi connectivity index (χ4n) is 3.74. The Labute approximate surface area is 175 Å². The van der Waals surface area contributed by atoms with Gasteiger partial charge in [-0.1, -0.05) is 78.9 Å². The number of para-hydroxylation sites is 1. The number of hydrogen-bond donors (Lipinski definition) is 1. The van der Waals surface area contributed by atoms with Gasteiger partial charge in [0.25, 0.3) is 5.91 Å². The van der Waals surface area contributed by atoms with Crippen molar-refractivity contribution in [2.24, 2.45) is 0 Å². The van der Waals surface area contributed by atoms with Crippen LogP contribution in [0.3, 0.4) is 0 Å². The van der Waals surface area contributed by atoms with Crippen LogP contribution in [0.5, 0.6) is 0 Å². The van der Waals surface area contributed by atoms with Crippen LogP contribution in [0.25, 0.3) is 22.2 Å². The van der Waals surface area contributed by atoms with Crippen molar-refractivity contribution in [3.63, 3.8) is 0 Å². The molecule has 1 aromatic heterocycles. The summed E-state index contributed by atoms with van der Waals surface area (Å²) in [4.78, 5) is 18.3. The quantitative estimate of drug-likeness (QED) is 0.482. The molecule has 1 atom stereocenters. The van der Waals surface area contributed by atoms with Gasteiger partial charge in [-0.15, -0.1) is 0 Å². The number of pyridine rings is 1. The van der Waals surface area contributed by atoms with Crippen molar-refractivity contribution < 1.29 is 4.79 Å². The molecule has 0 unspecified atom stereocenters. The van der Waals surface area contributed by atoms with E-state index in [2.05, 4.69) is 11.4 Å². The van der Waals surface area contributed by atoms with Gasteiger partial charge in [-0.05, 0) is 24.1 Å². The van der Waals surface area contributed by atoms with Gasteiger partial charge in [0.05, 0.1) is 35.3 Å². The molecular weight excluding hydrogens is 370 g/mol. The maximum Gasteiger partial charge on any atom is 0.252 e. The highest BCUT2D eigenvalue weighted by molar-refractivity contribution is 6.09. The summed E-state index contributed by atoms with van der Waals surface area (Å²) in [6, 6.07) is 28.9. The zero-order valence-electron chi connectivity index (χ0n) is 16.7. The minimum atomic E-state index is -0.379. The molecule has 0 saturated heterocycles. The van der Waals surface area contributed by atoms with E-state index < -0.39 is 0 Å². The maximum absolute atomic E-state index is 13.5. The molecule has 0 spiro atoms. The van der Waals surface area contributed by atoms with Gasteiger partial charge >= 0.3 is 0 Å². The number of fused-ring (bicyclic) bond motifs is 1. The van der Waals surface area contributed by atoms with Crippen LogP contribution in [0.2, 0.25) is 0 Å². The van der Waals surface area contributed by atoms with E-state index in [0.717, 1.165) is 33.3 Å². The Bertz CT molecular complexity index is 1230. The number of hydrogen-bond acceptors (Lipinski definition) is 3. The van der Waals surface area contributed by atoms with E-state index >= 15 is 0 Å². The molecule has 0 aliphatic rings. The van der Waals surface area contributed by atoms with Gasteiger partial charge in [0.2, 0.25) is 0 Å². The average molecular weight is 391 g/mol. The first kappa shape index (κ1) is 19.4. The number of aromatic nitrogens is 1. The third-order valence-electron chi connectivity index (χ3n) is 5.21. The van der Waals surface area contributed by atoms with Crippen LogP contribution in [0.1, 0.15) is 33.9 Å². The highest BCUT2D eigenvalue weighted by Gasteiger charge is 2.22. The number of nitrogens with zero attached hydrogens (tertiary/aromatic N) is 2. The van der Waals surface area contributed by atoms with Crippen molar-refractivity contribution in [1.82, 2.24) is 10.3 Å². The minimum Gasteiger partial charge on any atom is -0.344 e. The number of carbonyl (C=O) groups is 1. The molecule has 4 nitrogen and oxygen atoms in total. The molecule has 146 valence electrons. The third-order valence-corrected chi connectivity index (χ3v) is 5.21. The van der Waals surface area contributed by atoms with Gasteiger partial charge in [-0.3, -0.25) is 4.79 Å². The second kappa shape index (κ2) is 8.59. The van der Waals surface area contributed by atoms with E-state index in [1.54, 1.807) is 0 Å². The van der Waals surface area contributed by atoms with Gasteiger partial charge in [-0.25, -0.2) is 4.98 Å². The maximum atomic E-state index is 13.5. The van der Waals surface area contributed by atoms with E-state index in [4.69, 9.17) is 4.98 Å². The van der Waals surface area contributed by atoms with Gasteiger partial charge < -0.3 is 5.32 Å². The van der Waals surface area contributed by atoms with Crippen molar-refractivity contribution in [2.45, 2.75) is 19.4 Å². The molecule has 30 heavy (non-hydrogen) atoms. The predicted octanol–water partition coefficient (Wildman–Crippen LogP) is 5.60. The lowest BCUT2D eigenvalue weighted by Crippen LogP contribution is -2.29. The summed E-state index contributed by atoms with van der Waals surface area (Å²) in [5.41, 5.74) is 4.84. The van der Waals surface area contributed by atoms with Crippen molar-refractivity contribution in [3.8, 4) is 17.3 Å². The summed E-state index contributed by atoms with van der Waals surface area (Å²) in [7, 11) is 0. The Morgan fingerprint density at radius 2 is 1.60 bits per heavy atom. The lowest BCUT2D eigenvalue weighted by molar-refractivity contribution is 0.0938. The van der Waals surface area contributed by atoms with Crippen molar-refractivity contribution in [3.05, 3.63) is 102 Å². The Hall–Kier alpha value is -3.97. The summed E-state index contributed by atoms with van der Waals surface area (Å²) in [6.07, 6.45) is 0.198. The Kier molecular flexibility index (Phi) is 5.54. The molecule has 0 aliphatic carbocycles. The number of nitrogens with one attached hydrogen (secondary N) is 1. The molecule has 0 bridgehead atoms. The van der Waals surface area contributed by atoms with Crippen LogP contribution in [-0.4, -0.2) is 10.9 Å². The minimum absolute atomic E-state index is 0.198. The van der Waals surface area contributed by atoms with Gasteiger partial charge in [0, 0.05) is 10.9 Å². The third kappa shape index (κ3) is 3.78. The molecule has 1 N–H and O–H groups in total. The van der Waals surface area contributed by atoms with E-state index in [1.807, 2.05) is 91.9 Å². The summed E-state index contributed by atoms with van der Waals surface area (Å²) in [5, 5.41) is 13.2. The normalized spacial score (nSPS) is 11.6. The van der Waals surface area contributed by atoms with E-state index in [9.17, 15) is 10.1 Å². The number of amides is 1. The molecule has 1 amide bonds. The van der Waals surface area contributed by atoms with Crippen molar-refractivity contribution >= 4 is 16.8 Å². The highest BCUT2D eigenvalue weighted by atomic mass is 16.1. The molecule has 4 aromatic rings. The van der Waals surface area contributed by atoms with Crippen LogP contribution in [-0.2, 0) is 0 Å². The van der Waals surface area contributed by atoms with E-state index in [0.29, 0.717) is 5.56 Å². The molecule has 3 aromatic carbocycles. The van der Waals surface area contributed by atoms with Gasteiger partial charge in [0.15, 0.2) is 0 Å². The lowest BCUT2D eigenvalue weighted by Gasteiger charge is -2.19. The fourth-order valence-corrected chi connectivity index (χ4v) is 3.74. The van der Waals surface area contributed by atoms with E-state index in [1.165, 1.54) is 0 Å². The topological polar surface area (TPSA) is 65.8 Å². The summed E-state index contributed by atoms with van der Waals surface area (Å²) >= 11 is 0. The molecule has 4 heteroatoms. The average Bonchev–Trinajstić information content (AvgIpc) is 2.79. The van der Waals surface area contributed by atoms with Crippen LogP contribution in [0.4, 0.5) is 0 Å². The molecular formula is C26H21N3O. The van der Waals surface area contributed by atoms with E-state index in [-0.39, 0.29) is 18.4 Å². The van der Waals surface area contributed by atoms with Crippen molar-refractivity contribution in [1.29, 1.82) is 5.26 Å². The molecule has 4 rings (SSSR count). The van der Waals surface area contributed by atoms with Crippen LogP contribution < -0.4 is 5.32 Å². The molecule has 0 aliphatic heterocycles. The van der Waals surface area contributed by atoms with Gasteiger partial charge in [0.1, 0.15) is 0 Å². The number of rotatable bonds is 5. The van der Waals surface area contributed by atoms with Crippen LogP contribution >= 0.6 is 0 Å². The molecule has 0 radical (unpaired) electrons. The van der Waals surface area contributed by atoms with Crippen LogP contribution in [0.15, 0.2) is 84.9 Å². The Morgan fingerprint density at radius 3 is 2.30 bits per heavy atom. The second-order valence-electron chi connectivity index (χ2n) is 7.14. The van der Waals surface area contributed by atoms with Crippen molar-refractivity contribution in [2.75, 3.05) is 0 Å². The lowest BCUT2D eigenvalue weighted by atomic mass is 9.96. The zero-order chi connectivity index (χ0) is 20.9. The predicted molar refractivity (Wildman–Crippen MR) is 119 cm³/mol. The zero-order valence-corrected chi connectivity index (χ0v) is 16.7. The smallest absolute Gasteiger partial charge is 0.252 e. The highest BCUT2D eigenvalue weighted by Crippen LogP contribution is 2.30. The Balaban J connectivity index is 1.82. The SMILES string of the molecule is Cc1c(-c2ccccc2)nc2ccccc2c1C(=O)N[C@@H](CC#N)c1ccccc1. The number of carbonyl (C=O) groups excluding carboxylic acids is 1.